The van der Waals surface area contributed by atoms with Crippen LogP contribution < -0.4 is 9.47 Å². The highest BCUT2D eigenvalue weighted by atomic mass is 19.1. The molecule has 1 N–H and O–H groups in total. The van der Waals surface area contributed by atoms with Gasteiger partial charge in [0.2, 0.25) is 0 Å². The van der Waals surface area contributed by atoms with Gasteiger partial charge in [-0.25, -0.2) is 9.18 Å². The van der Waals surface area contributed by atoms with Crippen LogP contribution in [0.2, 0.25) is 0 Å². The number of aromatic amines is 1. The van der Waals surface area contributed by atoms with Gasteiger partial charge >= 0.3 is 5.97 Å². The summed E-state index contributed by atoms with van der Waals surface area (Å²) in [5.41, 5.74) is 2.29. The lowest BCUT2D eigenvalue weighted by atomic mass is 10.1. The molecule has 0 aliphatic heterocycles. The first-order valence-corrected chi connectivity index (χ1v) is 9.44. The fraction of sp³-hybridized carbons (Fsp3) is 0.318. The molecule has 1 heterocycles. The summed E-state index contributed by atoms with van der Waals surface area (Å²) in [7, 11) is 0. The summed E-state index contributed by atoms with van der Waals surface area (Å²) in [5, 5.41) is 0.858. The fourth-order valence-corrected chi connectivity index (χ4v) is 3.06. The molecule has 0 aliphatic carbocycles. The van der Waals surface area contributed by atoms with E-state index in [4.69, 9.17) is 14.2 Å². The lowest BCUT2D eigenvalue weighted by Crippen LogP contribution is -2.08. The number of aromatic nitrogens is 1. The molecule has 0 aliphatic rings. The maximum absolute atomic E-state index is 13.4. The molecular weight excluding hydrogens is 361 g/mol. The molecule has 0 saturated carbocycles. The summed E-state index contributed by atoms with van der Waals surface area (Å²) in [4.78, 5) is 15.5. The Bertz CT molecular complexity index is 927. The SMILES string of the molecule is CCOc1cc(OCC)cc(C(=O)OCCCc2c[nH]c3ccc(F)cc23)c1. The average Bonchev–Trinajstić information content (AvgIpc) is 3.07. The molecule has 5 nitrogen and oxygen atoms in total. The number of carbonyl (C=O) groups is 1. The van der Waals surface area contributed by atoms with Crippen molar-refractivity contribution in [1.29, 1.82) is 0 Å². The van der Waals surface area contributed by atoms with Gasteiger partial charge in [-0.2, -0.15) is 0 Å². The number of benzene rings is 2. The molecule has 2 aromatic carbocycles. The summed E-state index contributed by atoms with van der Waals surface area (Å²) in [6.45, 7) is 5.01. The van der Waals surface area contributed by atoms with Gasteiger partial charge in [0.15, 0.2) is 0 Å². The van der Waals surface area contributed by atoms with E-state index in [1.165, 1.54) is 12.1 Å². The number of carbonyl (C=O) groups excluding carboxylic acids is 1. The molecular formula is C22H24FNO4. The van der Waals surface area contributed by atoms with Gasteiger partial charge in [-0.05, 0) is 62.6 Å². The molecule has 28 heavy (non-hydrogen) atoms. The van der Waals surface area contributed by atoms with Crippen LogP contribution in [0.4, 0.5) is 4.39 Å². The van der Waals surface area contributed by atoms with E-state index in [1.54, 1.807) is 24.3 Å². The van der Waals surface area contributed by atoms with Crippen LogP contribution in [0, 0.1) is 5.82 Å². The molecule has 0 saturated heterocycles. The van der Waals surface area contributed by atoms with Crippen molar-refractivity contribution in [3.8, 4) is 11.5 Å². The van der Waals surface area contributed by atoms with E-state index < -0.39 is 5.97 Å². The smallest absolute Gasteiger partial charge is 0.338 e. The number of ether oxygens (including phenoxy) is 3. The number of nitrogens with one attached hydrogen (secondary N) is 1. The van der Waals surface area contributed by atoms with Gasteiger partial charge in [-0.3, -0.25) is 0 Å². The second-order valence-corrected chi connectivity index (χ2v) is 6.30. The van der Waals surface area contributed by atoms with Crippen molar-refractivity contribution in [3.63, 3.8) is 0 Å². The third-order valence-corrected chi connectivity index (χ3v) is 4.29. The van der Waals surface area contributed by atoms with Gasteiger partial charge in [-0.15, -0.1) is 0 Å². The van der Waals surface area contributed by atoms with E-state index in [-0.39, 0.29) is 12.4 Å². The lowest BCUT2D eigenvalue weighted by Gasteiger charge is -2.10. The topological polar surface area (TPSA) is 60.6 Å². The van der Waals surface area contributed by atoms with Crippen LogP contribution in [-0.4, -0.2) is 30.8 Å². The Morgan fingerprint density at radius 3 is 2.43 bits per heavy atom. The van der Waals surface area contributed by atoms with Crippen molar-refractivity contribution < 1.29 is 23.4 Å². The number of H-pyrrole nitrogens is 1. The zero-order valence-electron chi connectivity index (χ0n) is 16.1. The number of halogens is 1. The molecule has 0 fully saturated rings. The summed E-state index contributed by atoms with van der Waals surface area (Å²) in [6.07, 6.45) is 3.18. The van der Waals surface area contributed by atoms with Gasteiger partial charge in [-0.1, -0.05) is 0 Å². The molecule has 3 rings (SSSR count). The molecule has 0 bridgehead atoms. The second kappa shape index (κ2) is 9.26. The van der Waals surface area contributed by atoms with E-state index in [2.05, 4.69) is 4.98 Å². The third-order valence-electron chi connectivity index (χ3n) is 4.29. The summed E-state index contributed by atoms with van der Waals surface area (Å²) in [5.74, 6) is 0.453. The molecule has 0 amide bonds. The molecule has 0 unspecified atom stereocenters. The zero-order chi connectivity index (χ0) is 19.9. The van der Waals surface area contributed by atoms with Crippen molar-refractivity contribution in [2.45, 2.75) is 26.7 Å². The Labute approximate surface area is 163 Å². The monoisotopic (exact) mass is 385 g/mol. The Morgan fingerprint density at radius 2 is 1.75 bits per heavy atom. The number of rotatable bonds is 9. The predicted molar refractivity (Wildman–Crippen MR) is 106 cm³/mol. The van der Waals surface area contributed by atoms with E-state index >= 15 is 0 Å². The summed E-state index contributed by atoms with van der Waals surface area (Å²) in [6, 6.07) is 9.71. The first-order chi connectivity index (χ1) is 13.6. The van der Waals surface area contributed by atoms with Crippen LogP contribution in [0.5, 0.6) is 11.5 Å². The van der Waals surface area contributed by atoms with Crippen LogP contribution in [0.15, 0.2) is 42.6 Å². The van der Waals surface area contributed by atoms with Gasteiger partial charge in [0.05, 0.1) is 25.4 Å². The minimum absolute atomic E-state index is 0.265. The van der Waals surface area contributed by atoms with E-state index in [9.17, 15) is 9.18 Å². The van der Waals surface area contributed by atoms with E-state index in [0.717, 1.165) is 16.5 Å². The average molecular weight is 385 g/mol. The normalized spacial score (nSPS) is 10.8. The quantitative estimate of drug-likeness (QED) is 0.421. The van der Waals surface area contributed by atoms with Gasteiger partial charge in [0.25, 0.3) is 0 Å². The summed E-state index contributed by atoms with van der Waals surface area (Å²) >= 11 is 0. The standard InChI is InChI=1S/C22H24FNO4/c1-3-26-18-10-16(11-19(13-18)27-4-2)22(25)28-9-5-6-15-14-24-21-8-7-17(23)12-20(15)21/h7-8,10-14,24H,3-6,9H2,1-2H3. The fourth-order valence-electron chi connectivity index (χ4n) is 3.06. The van der Waals surface area contributed by atoms with Crippen molar-refractivity contribution >= 4 is 16.9 Å². The number of aryl methyl sites for hydroxylation is 1. The van der Waals surface area contributed by atoms with Gasteiger partial charge in [0, 0.05) is 23.2 Å². The minimum atomic E-state index is -0.424. The first-order valence-electron chi connectivity index (χ1n) is 9.44. The lowest BCUT2D eigenvalue weighted by molar-refractivity contribution is 0.0499. The molecule has 0 atom stereocenters. The Hall–Kier alpha value is -3.02. The second-order valence-electron chi connectivity index (χ2n) is 6.30. The van der Waals surface area contributed by atoms with Crippen LogP contribution in [0.1, 0.15) is 36.2 Å². The molecule has 1 aromatic heterocycles. The van der Waals surface area contributed by atoms with Crippen molar-refractivity contribution in [3.05, 3.63) is 59.5 Å². The highest BCUT2D eigenvalue weighted by Crippen LogP contribution is 2.24. The summed E-state index contributed by atoms with van der Waals surface area (Å²) < 4.78 is 29.8. The maximum atomic E-state index is 13.4. The minimum Gasteiger partial charge on any atom is -0.494 e. The van der Waals surface area contributed by atoms with E-state index in [1.807, 2.05) is 20.0 Å². The number of hydrogen-bond donors (Lipinski definition) is 1. The first kappa shape index (κ1) is 19.7. The molecule has 0 radical (unpaired) electrons. The number of hydrogen-bond acceptors (Lipinski definition) is 4. The maximum Gasteiger partial charge on any atom is 0.338 e. The van der Waals surface area contributed by atoms with Crippen LogP contribution >= 0.6 is 0 Å². The highest BCUT2D eigenvalue weighted by molar-refractivity contribution is 5.90. The Balaban J connectivity index is 1.58. The van der Waals surface area contributed by atoms with Crippen molar-refractivity contribution in [2.24, 2.45) is 0 Å². The zero-order valence-corrected chi connectivity index (χ0v) is 16.1. The van der Waals surface area contributed by atoms with Crippen LogP contribution in [0.3, 0.4) is 0 Å². The molecule has 148 valence electrons. The Morgan fingerprint density at radius 1 is 1.04 bits per heavy atom. The van der Waals surface area contributed by atoms with Crippen LogP contribution in [0.25, 0.3) is 10.9 Å². The molecule has 6 heteroatoms. The number of fused-ring (bicyclic) bond motifs is 1. The van der Waals surface area contributed by atoms with E-state index in [0.29, 0.717) is 43.1 Å². The van der Waals surface area contributed by atoms with Crippen molar-refractivity contribution in [1.82, 2.24) is 4.98 Å². The van der Waals surface area contributed by atoms with Gasteiger partial charge < -0.3 is 19.2 Å². The predicted octanol–water partition coefficient (Wildman–Crippen LogP) is 4.89. The Kier molecular flexibility index (Phi) is 6.53. The third kappa shape index (κ3) is 4.82. The largest absolute Gasteiger partial charge is 0.494 e. The number of esters is 1. The highest BCUT2D eigenvalue weighted by Gasteiger charge is 2.12. The van der Waals surface area contributed by atoms with Gasteiger partial charge in [0.1, 0.15) is 17.3 Å². The van der Waals surface area contributed by atoms with Crippen molar-refractivity contribution in [2.75, 3.05) is 19.8 Å². The molecule has 3 aromatic rings. The molecule has 0 spiro atoms. The van der Waals surface area contributed by atoms with Crippen LogP contribution in [-0.2, 0) is 11.2 Å².